The van der Waals surface area contributed by atoms with Crippen molar-refractivity contribution < 1.29 is 14.7 Å². The monoisotopic (exact) mass is 370 g/mol. The Morgan fingerprint density at radius 1 is 1.26 bits per heavy atom. The van der Waals surface area contributed by atoms with Crippen LogP contribution in [0.25, 0.3) is 11.3 Å². The molecule has 1 fully saturated rings. The van der Waals surface area contributed by atoms with E-state index in [-0.39, 0.29) is 17.7 Å². The average molecular weight is 370 g/mol. The van der Waals surface area contributed by atoms with Crippen LogP contribution in [-0.2, 0) is 4.79 Å². The Balaban J connectivity index is 1.95. The normalized spacial score (nSPS) is 14.3. The molecular formula is C20H26N4O3. The van der Waals surface area contributed by atoms with Gasteiger partial charge in [0.1, 0.15) is 5.75 Å². The van der Waals surface area contributed by atoms with Crippen molar-refractivity contribution in [2.75, 3.05) is 11.9 Å². The summed E-state index contributed by atoms with van der Waals surface area (Å²) in [6.07, 6.45) is 5.24. The molecule has 7 heteroatoms. The molecule has 3 N–H and O–H groups in total. The Labute approximate surface area is 158 Å². The van der Waals surface area contributed by atoms with Crippen molar-refractivity contribution in [3.8, 4) is 17.0 Å². The summed E-state index contributed by atoms with van der Waals surface area (Å²) in [5.74, 6) is 0.111. The number of phenols is 1. The fraction of sp³-hybridized carbons (Fsp3) is 0.450. The first kappa shape index (κ1) is 18.9. The molecule has 1 saturated carbocycles. The van der Waals surface area contributed by atoms with Gasteiger partial charge in [0.15, 0.2) is 0 Å². The Morgan fingerprint density at radius 3 is 2.63 bits per heavy atom. The van der Waals surface area contributed by atoms with E-state index in [0.29, 0.717) is 29.4 Å². The molecule has 0 aliphatic heterocycles. The second-order valence-electron chi connectivity index (χ2n) is 6.99. The van der Waals surface area contributed by atoms with E-state index in [2.05, 4.69) is 15.7 Å². The number of nitrogens with zero attached hydrogens (tertiary/aromatic N) is 2. The van der Waals surface area contributed by atoms with Crippen molar-refractivity contribution in [1.29, 1.82) is 0 Å². The molecular weight excluding hydrogens is 344 g/mol. The summed E-state index contributed by atoms with van der Waals surface area (Å²) in [7, 11) is 0. The maximum Gasteiger partial charge on any atom is 0.342 e. The van der Waals surface area contributed by atoms with E-state index in [1.807, 2.05) is 13.0 Å². The van der Waals surface area contributed by atoms with E-state index in [4.69, 9.17) is 0 Å². The van der Waals surface area contributed by atoms with Gasteiger partial charge in [-0.3, -0.25) is 4.79 Å². The minimum absolute atomic E-state index is 0.0119. The summed E-state index contributed by atoms with van der Waals surface area (Å²) in [6.45, 7) is 4.01. The molecule has 2 aromatic rings. The van der Waals surface area contributed by atoms with Gasteiger partial charge in [-0.2, -0.15) is 9.78 Å². The lowest BCUT2D eigenvalue weighted by molar-refractivity contribution is -0.114. The predicted octanol–water partition coefficient (Wildman–Crippen LogP) is 3.84. The van der Waals surface area contributed by atoms with Crippen LogP contribution < -0.4 is 10.6 Å². The standard InChI is InChI=1S/C20H26N4O3/c1-3-10-21-20(27)24-18(14-6-4-5-7-14)12-17(23-24)16-9-8-15(11-19(16)26)22-13(2)25/h8-9,11-12,14,26H,3-7,10H2,1-2H3,(H,21,27)(H,22,25). The molecule has 1 aliphatic rings. The molecule has 0 atom stereocenters. The predicted molar refractivity (Wildman–Crippen MR) is 104 cm³/mol. The zero-order chi connectivity index (χ0) is 19.4. The zero-order valence-corrected chi connectivity index (χ0v) is 15.8. The van der Waals surface area contributed by atoms with E-state index >= 15 is 0 Å². The van der Waals surface area contributed by atoms with Crippen LogP contribution in [0, 0.1) is 0 Å². The van der Waals surface area contributed by atoms with E-state index in [1.165, 1.54) is 17.7 Å². The summed E-state index contributed by atoms with van der Waals surface area (Å²) in [6, 6.07) is 6.56. The lowest BCUT2D eigenvalue weighted by Gasteiger charge is -2.11. The second-order valence-corrected chi connectivity index (χ2v) is 6.99. The Hall–Kier alpha value is -2.83. The van der Waals surface area contributed by atoms with Crippen molar-refractivity contribution in [2.24, 2.45) is 0 Å². The molecule has 7 nitrogen and oxygen atoms in total. The van der Waals surface area contributed by atoms with Gasteiger partial charge >= 0.3 is 6.03 Å². The first-order valence-corrected chi connectivity index (χ1v) is 9.48. The highest BCUT2D eigenvalue weighted by Gasteiger charge is 2.25. The van der Waals surface area contributed by atoms with E-state index < -0.39 is 0 Å². The van der Waals surface area contributed by atoms with Gasteiger partial charge in [-0.25, -0.2) is 4.79 Å². The van der Waals surface area contributed by atoms with Crippen LogP contribution in [0.4, 0.5) is 10.5 Å². The van der Waals surface area contributed by atoms with Crippen LogP contribution in [0.15, 0.2) is 24.3 Å². The van der Waals surface area contributed by atoms with E-state index in [1.54, 1.807) is 12.1 Å². The van der Waals surface area contributed by atoms with Crippen molar-refractivity contribution >= 4 is 17.6 Å². The summed E-state index contributed by atoms with van der Waals surface area (Å²) in [5, 5.41) is 20.4. The molecule has 1 aliphatic carbocycles. The van der Waals surface area contributed by atoms with Crippen molar-refractivity contribution in [3.63, 3.8) is 0 Å². The number of nitrogens with one attached hydrogen (secondary N) is 2. The minimum Gasteiger partial charge on any atom is -0.507 e. The number of carbonyl (C=O) groups is 2. The molecule has 0 saturated heterocycles. The van der Waals surface area contributed by atoms with Crippen LogP contribution in [0.1, 0.15) is 57.6 Å². The van der Waals surface area contributed by atoms with Crippen molar-refractivity contribution in [1.82, 2.24) is 15.1 Å². The van der Waals surface area contributed by atoms with Crippen LogP contribution in [0.3, 0.4) is 0 Å². The molecule has 2 amide bonds. The first-order chi connectivity index (χ1) is 13.0. The van der Waals surface area contributed by atoms with Gasteiger partial charge < -0.3 is 15.7 Å². The Kier molecular flexibility index (Phi) is 5.78. The number of anilines is 1. The number of amides is 2. The highest BCUT2D eigenvalue weighted by Crippen LogP contribution is 2.37. The van der Waals surface area contributed by atoms with Gasteiger partial charge in [0, 0.05) is 36.7 Å². The third-order valence-corrected chi connectivity index (χ3v) is 4.82. The van der Waals surface area contributed by atoms with E-state index in [9.17, 15) is 14.7 Å². The van der Waals surface area contributed by atoms with Gasteiger partial charge in [0.05, 0.1) is 11.4 Å². The molecule has 0 unspecified atom stereocenters. The number of phenolic OH excluding ortho intramolecular Hbond substituents is 1. The number of rotatable bonds is 5. The molecule has 1 aromatic carbocycles. The van der Waals surface area contributed by atoms with Gasteiger partial charge in [-0.1, -0.05) is 19.8 Å². The molecule has 3 rings (SSSR count). The molecule has 0 radical (unpaired) electrons. The highest BCUT2D eigenvalue weighted by atomic mass is 16.3. The number of carbonyl (C=O) groups excluding carboxylic acids is 2. The highest BCUT2D eigenvalue weighted by molar-refractivity contribution is 5.89. The molecule has 27 heavy (non-hydrogen) atoms. The van der Waals surface area contributed by atoms with Crippen LogP contribution in [0.5, 0.6) is 5.75 Å². The summed E-state index contributed by atoms with van der Waals surface area (Å²) in [4.78, 5) is 23.7. The number of hydrogen-bond acceptors (Lipinski definition) is 4. The third-order valence-electron chi connectivity index (χ3n) is 4.82. The molecule has 144 valence electrons. The largest absolute Gasteiger partial charge is 0.507 e. The fourth-order valence-corrected chi connectivity index (χ4v) is 3.54. The molecule has 1 heterocycles. The number of hydrogen-bond donors (Lipinski definition) is 3. The lowest BCUT2D eigenvalue weighted by Crippen LogP contribution is -2.31. The average Bonchev–Trinajstić information content (AvgIpc) is 3.28. The van der Waals surface area contributed by atoms with Crippen molar-refractivity contribution in [2.45, 2.75) is 51.9 Å². The van der Waals surface area contributed by atoms with Crippen LogP contribution in [-0.4, -0.2) is 33.4 Å². The van der Waals surface area contributed by atoms with Crippen molar-refractivity contribution in [3.05, 3.63) is 30.0 Å². The zero-order valence-electron chi connectivity index (χ0n) is 15.8. The molecule has 1 aromatic heterocycles. The van der Waals surface area contributed by atoms with Gasteiger partial charge in [0.25, 0.3) is 0 Å². The minimum atomic E-state index is -0.237. The Bertz CT molecular complexity index is 838. The fourth-order valence-electron chi connectivity index (χ4n) is 3.54. The number of aromatic nitrogens is 2. The van der Waals surface area contributed by atoms with Crippen LogP contribution in [0.2, 0.25) is 0 Å². The van der Waals surface area contributed by atoms with E-state index in [0.717, 1.165) is 37.8 Å². The second kappa shape index (κ2) is 8.24. The number of aromatic hydroxyl groups is 1. The molecule has 0 spiro atoms. The summed E-state index contributed by atoms with van der Waals surface area (Å²) in [5.41, 5.74) is 2.49. The van der Waals surface area contributed by atoms with Crippen LogP contribution >= 0.6 is 0 Å². The number of benzene rings is 1. The van der Waals surface area contributed by atoms with Gasteiger partial charge in [0.2, 0.25) is 5.91 Å². The SMILES string of the molecule is CCCNC(=O)n1nc(-c2ccc(NC(C)=O)cc2O)cc1C1CCCC1. The smallest absolute Gasteiger partial charge is 0.342 e. The summed E-state index contributed by atoms with van der Waals surface area (Å²) < 4.78 is 1.45. The Morgan fingerprint density at radius 2 is 2.00 bits per heavy atom. The molecule has 0 bridgehead atoms. The lowest BCUT2D eigenvalue weighted by atomic mass is 10.0. The third kappa shape index (κ3) is 4.30. The maximum atomic E-state index is 12.6. The quantitative estimate of drug-likeness (QED) is 0.745. The first-order valence-electron chi connectivity index (χ1n) is 9.48. The van der Waals surface area contributed by atoms with Gasteiger partial charge in [-0.15, -0.1) is 0 Å². The summed E-state index contributed by atoms with van der Waals surface area (Å²) >= 11 is 0. The van der Waals surface area contributed by atoms with Gasteiger partial charge in [-0.05, 0) is 37.5 Å². The topological polar surface area (TPSA) is 96.3 Å². The maximum absolute atomic E-state index is 12.6.